The predicted molar refractivity (Wildman–Crippen MR) is 37.2 cm³/mol. The number of nitrogens with zero attached hydrogens (tertiary/aromatic N) is 1. The molecule has 0 aromatic rings. The molecule has 0 spiro atoms. The molecule has 0 aromatic carbocycles. The summed E-state index contributed by atoms with van der Waals surface area (Å²) in [7, 11) is -1.19. The van der Waals surface area contributed by atoms with Crippen LogP contribution in [0.4, 0.5) is 0 Å². The molecular formula is C5H11NO3S. The van der Waals surface area contributed by atoms with Crippen LogP contribution in [0.3, 0.4) is 0 Å². The van der Waals surface area contributed by atoms with E-state index >= 15 is 0 Å². The highest BCUT2D eigenvalue weighted by Crippen LogP contribution is 2.02. The molecule has 10 heavy (non-hydrogen) atoms. The first-order valence-electron chi connectivity index (χ1n) is 3.13. The fourth-order valence-electron chi connectivity index (χ4n) is 0.878. The first kappa shape index (κ1) is 7.97. The van der Waals surface area contributed by atoms with Crippen molar-refractivity contribution in [2.24, 2.45) is 0 Å². The van der Waals surface area contributed by atoms with E-state index in [4.69, 9.17) is 4.84 Å². The first-order valence-corrected chi connectivity index (χ1v) is 4.96. The maximum absolute atomic E-state index is 10.8. The van der Waals surface area contributed by atoms with Crippen molar-refractivity contribution in [3.8, 4) is 0 Å². The molecule has 1 heterocycles. The maximum atomic E-state index is 10.8. The average Bonchev–Trinajstić information content (AvgIpc) is 1.88. The van der Waals surface area contributed by atoms with Gasteiger partial charge in [0.2, 0.25) is 0 Å². The fraction of sp³-hybridized carbons (Fsp3) is 1.00. The zero-order valence-corrected chi connectivity index (χ0v) is 6.73. The van der Waals surface area contributed by atoms with Crippen molar-refractivity contribution in [3.05, 3.63) is 0 Å². The van der Waals surface area contributed by atoms with E-state index < -0.39 is 9.84 Å². The molecule has 5 heteroatoms. The lowest BCUT2D eigenvalue weighted by atomic mass is 10.6. The first-order chi connectivity index (χ1) is 4.64. The van der Waals surface area contributed by atoms with Gasteiger partial charge >= 0.3 is 0 Å². The zero-order chi connectivity index (χ0) is 7.61. The number of hydrogen-bond donors (Lipinski definition) is 0. The van der Waals surface area contributed by atoms with Crippen molar-refractivity contribution in [1.82, 2.24) is 5.06 Å². The topological polar surface area (TPSA) is 46.6 Å². The molecule has 1 fully saturated rings. The minimum atomic E-state index is -2.75. The monoisotopic (exact) mass is 165 g/mol. The number of rotatable bonds is 1. The Kier molecular flexibility index (Phi) is 2.28. The Hall–Kier alpha value is -0.130. The molecule has 60 valence electrons. The van der Waals surface area contributed by atoms with Crippen molar-refractivity contribution in [2.45, 2.75) is 0 Å². The Balaban J connectivity index is 2.46. The summed E-state index contributed by atoms with van der Waals surface area (Å²) in [6, 6.07) is 0. The third-order valence-corrected chi connectivity index (χ3v) is 3.17. The van der Waals surface area contributed by atoms with Gasteiger partial charge in [-0.1, -0.05) is 0 Å². The molecule has 0 saturated carbocycles. The van der Waals surface area contributed by atoms with Crippen LogP contribution in [0.15, 0.2) is 0 Å². The number of hydroxylamine groups is 2. The molecular weight excluding hydrogens is 154 g/mol. The molecule has 1 rings (SSSR count). The summed E-state index contributed by atoms with van der Waals surface area (Å²) in [6.45, 7) is 0.998. The minimum Gasteiger partial charge on any atom is -0.302 e. The second kappa shape index (κ2) is 2.86. The standard InChI is InChI=1S/C5H11NO3S/c1-9-6-2-4-10(7,8)5-3-6/h2-5H2,1H3. The Morgan fingerprint density at radius 3 is 2.20 bits per heavy atom. The van der Waals surface area contributed by atoms with E-state index in [1.165, 1.54) is 0 Å². The van der Waals surface area contributed by atoms with Gasteiger partial charge in [0.15, 0.2) is 9.84 Å². The summed E-state index contributed by atoms with van der Waals surface area (Å²) < 4.78 is 21.7. The van der Waals surface area contributed by atoms with Gasteiger partial charge in [0, 0.05) is 13.1 Å². The van der Waals surface area contributed by atoms with Crippen molar-refractivity contribution in [2.75, 3.05) is 31.7 Å². The Morgan fingerprint density at radius 1 is 1.30 bits per heavy atom. The van der Waals surface area contributed by atoms with E-state index in [1.807, 2.05) is 0 Å². The normalized spacial score (nSPS) is 26.5. The molecule has 0 aliphatic carbocycles. The van der Waals surface area contributed by atoms with Crippen LogP contribution in [0.2, 0.25) is 0 Å². The maximum Gasteiger partial charge on any atom is 0.153 e. The van der Waals surface area contributed by atoms with E-state index in [0.717, 1.165) is 0 Å². The SMILES string of the molecule is CON1CCS(=O)(=O)CC1. The van der Waals surface area contributed by atoms with Gasteiger partial charge in [-0.25, -0.2) is 8.42 Å². The minimum absolute atomic E-state index is 0.223. The molecule has 4 nitrogen and oxygen atoms in total. The second-order valence-electron chi connectivity index (χ2n) is 2.26. The van der Waals surface area contributed by atoms with Gasteiger partial charge in [0.1, 0.15) is 0 Å². The summed E-state index contributed by atoms with van der Waals surface area (Å²) >= 11 is 0. The summed E-state index contributed by atoms with van der Waals surface area (Å²) in [6.07, 6.45) is 0. The highest BCUT2D eigenvalue weighted by atomic mass is 32.2. The molecule has 0 amide bonds. The Morgan fingerprint density at radius 2 is 1.80 bits per heavy atom. The highest BCUT2D eigenvalue weighted by Gasteiger charge is 2.20. The molecule has 1 aliphatic heterocycles. The van der Waals surface area contributed by atoms with Crippen molar-refractivity contribution < 1.29 is 13.3 Å². The van der Waals surface area contributed by atoms with Gasteiger partial charge in [-0.15, -0.1) is 0 Å². The van der Waals surface area contributed by atoms with E-state index in [-0.39, 0.29) is 11.5 Å². The van der Waals surface area contributed by atoms with E-state index in [9.17, 15) is 8.42 Å². The van der Waals surface area contributed by atoms with Crippen molar-refractivity contribution >= 4 is 9.84 Å². The van der Waals surface area contributed by atoms with Crippen LogP contribution < -0.4 is 0 Å². The van der Waals surface area contributed by atoms with Gasteiger partial charge in [-0.2, -0.15) is 5.06 Å². The summed E-state index contributed by atoms with van der Waals surface area (Å²) in [4.78, 5) is 4.85. The predicted octanol–water partition coefficient (Wildman–Crippen LogP) is -0.722. The lowest BCUT2D eigenvalue weighted by Crippen LogP contribution is -2.39. The highest BCUT2D eigenvalue weighted by molar-refractivity contribution is 7.91. The molecule has 0 N–H and O–H groups in total. The van der Waals surface area contributed by atoms with Crippen LogP contribution in [-0.2, 0) is 14.7 Å². The Bertz CT molecular complexity index is 185. The lowest BCUT2D eigenvalue weighted by Gasteiger charge is -2.23. The molecule has 0 radical (unpaired) electrons. The van der Waals surface area contributed by atoms with Crippen LogP contribution in [0, 0.1) is 0 Å². The quantitative estimate of drug-likeness (QED) is 0.514. The summed E-state index contributed by atoms with van der Waals surface area (Å²) in [5.74, 6) is 0.446. The average molecular weight is 165 g/mol. The van der Waals surface area contributed by atoms with E-state index in [0.29, 0.717) is 13.1 Å². The number of sulfone groups is 1. The van der Waals surface area contributed by atoms with E-state index in [2.05, 4.69) is 0 Å². The van der Waals surface area contributed by atoms with Gasteiger partial charge in [-0.3, -0.25) is 0 Å². The van der Waals surface area contributed by atoms with Gasteiger partial charge in [-0.05, 0) is 0 Å². The van der Waals surface area contributed by atoms with Crippen LogP contribution in [0.5, 0.6) is 0 Å². The molecule has 1 aliphatic rings. The summed E-state index contributed by atoms with van der Waals surface area (Å²) in [5, 5.41) is 1.65. The molecule has 0 aromatic heterocycles. The van der Waals surface area contributed by atoms with E-state index in [1.54, 1.807) is 12.2 Å². The molecule has 1 saturated heterocycles. The number of hydrogen-bond acceptors (Lipinski definition) is 4. The van der Waals surface area contributed by atoms with Crippen molar-refractivity contribution in [1.29, 1.82) is 0 Å². The second-order valence-corrected chi connectivity index (χ2v) is 4.57. The molecule has 0 atom stereocenters. The van der Waals surface area contributed by atoms with Crippen LogP contribution in [-0.4, -0.2) is 45.2 Å². The summed E-state index contributed by atoms with van der Waals surface area (Å²) in [5.41, 5.74) is 0. The largest absolute Gasteiger partial charge is 0.302 e. The molecule has 0 bridgehead atoms. The smallest absolute Gasteiger partial charge is 0.153 e. The van der Waals surface area contributed by atoms with Crippen LogP contribution >= 0.6 is 0 Å². The fourth-order valence-corrected chi connectivity index (χ4v) is 2.05. The molecule has 0 unspecified atom stereocenters. The van der Waals surface area contributed by atoms with Gasteiger partial charge in [0.25, 0.3) is 0 Å². The van der Waals surface area contributed by atoms with Gasteiger partial charge in [0.05, 0.1) is 18.6 Å². The third-order valence-electron chi connectivity index (χ3n) is 1.56. The van der Waals surface area contributed by atoms with Crippen LogP contribution in [0.1, 0.15) is 0 Å². The zero-order valence-electron chi connectivity index (χ0n) is 5.91. The lowest BCUT2D eigenvalue weighted by molar-refractivity contribution is -0.124. The Labute approximate surface area is 60.6 Å². The van der Waals surface area contributed by atoms with Crippen LogP contribution in [0.25, 0.3) is 0 Å². The van der Waals surface area contributed by atoms with Crippen molar-refractivity contribution in [3.63, 3.8) is 0 Å². The third kappa shape index (κ3) is 1.93. The van der Waals surface area contributed by atoms with Gasteiger partial charge < -0.3 is 4.84 Å².